The third kappa shape index (κ3) is 5.47. The maximum atomic E-state index is 13.5. The molecule has 3 aliphatic rings. The van der Waals surface area contributed by atoms with Crippen molar-refractivity contribution in [3.8, 4) is 0 Å². The summed E-state index contributed by atoms with van der Waals surface area (Å²) in [7, 11) is 1.65. The Balaban J connectivity index is 1.75. The molecule has 0 aromatic rings. The molecule has 0 aromatic carbocycles. The summed E-state index contributed by atoms with van der Waals surface area (Å²) in [5.74, 6) is -0.773. The van der Waals surface area contributed by atoms with Crippen LogP contribution < -0.4 is 22.1 Å². The van der Waals surface area contributed by atoms with Crippen molar-refractivity contribution in [2.45, 2.75) is 82.1 Å². The first-order valence-electron chi connectivity index (χ1n) is 12.1. The molecule has 9 heteroatoms. The van der Waals surface area contributed by atoms with Crippen molar-refractivity contribution in [1.29, 1.82) is 0 Å². The molecule has 0 bridgehead atoms. The van der Waals surface area contributed by atoms with E-state index in [1.165, 1.54) is 0 Å². The molecule has 1 amide bonds. The molecule has 0 radical (unpaired) electrons. The van der Waals surface area contributed by atoms with Gasteiger partial charge in [0.05, 0.1) is 48.9 Å². The number of nitrogens with two attached hydrogens (primary N) is 2. The zero-order valence-electron chi connectivity index (χ0n) is 19.8. The smallest absolute Gasteiger partial charge is 0.228 e. The summed E-state index contributed by atoms with van der Waals surface area (Å²) in [4.78, 5) is 18.3. The quantitative estimate of drug-likeness (QED) is 0.217. The number of carbonyl (C=O) groups is 1. The highest BCUT2D eigenvalue weighted by atomic mass is 35.5. The molecule has 6 N–H and O–H groups in total. The van der Waals surface area contributed by atoms with E-state index in [0.29, 0.717) is 19.8 Å². The summed E-state index contributed by atoms with van der Waals surface area (Å²) in [6.07, 6.45) is 6.77. The Hall–Kier alpha value is -0.770. The summed E-state index contributed by atoms with van der Waals surface area (Å²) in [6.45, 7) is 6.99. The van der Waals surface area contributed by atoms with Crippen molar-refractivity contribution in [2.75, 3.05) is 33.4 Å². The molecule has 1 saturated heterocycles. The lowest BCUT2D eigenvalue weighted by Gasteiger charge is -2.37. The fourth-order valence-electron chi connectivity index (χ4n) is 6.12. The average molecular weight is 472 g/mol. The molecule has 3 rings (SSSR count). The lowest BCUT2D eigenvalue weighted by Crippen LogP contribution is -2.60. The molecule has 7 unspecified atom stereocenters. The number of nitrogens with zero attached hydrogens (tertiary/aromatic N) is 1. The minimum atomic E-state index is -0.807. The van der Waals surface area contributed by atoms with E-state index in [2.05, 4.69) is 24.5 Å². The second-order valence-electron chi connectivity index (χ2n) is 9.85. The molecule has 0 spiro atoms. The van der Waals surface area contributed by atoms with Gasteiger partial charge < -0.3 is 31.6 Å². The third-order valence-electron chi connectivity index (χ3n) is 8.15. The van der Waals surface area contributed by atoms with E-state index in [4.69, 9.17) is 37.5 Å². The van der Waals surface area contributed by atoms with Gasteiger partial charge in [-0.1, -0.05) is 13.8 Å². The first kappa shape index (κ1) is 25.8. The molecule has 0 aromatic heterocycles. The van der Waals surface area contributed by atoms with Crippen molar-refractivity contribution < 1.29 is 14.3 Å². The van der Waals surface area contributed by atoms with E-state index in [1.807, 2.05) is 6.21 Å². The Bertz CT molecular complexity index is 666. The van der Waals surface area contributed by atoms with Gasteiger partial charge in [-0.3, -0.25) is 9.79 Å². The summed E-state index contributed by atoms with van der Waals surface area (Å²) < 4.78 is 11.1. The van der Waals surface area contributed by atoms with Crippen LogP contribution in [0.15, 0.2) is 4.99 Å². The normalized spacial score (nSPS) is 39.0. The van der Waals surface area contributed by atoms with Crippen LogP contribution in [-0.2, 0) is 14.3 Å². The molecule has 32 heavy (non-hydrogen) atoms. The van der Waals surface area contributed by atoms with Crippen LogP contribution in [0.5, 0.6) is 0 Å². The number of halogens is 1. The predicted octanol–water partition coefficient (Wildman–Crippen LogP) is 1.39. The van der Waals surface area contributed by atoms with Gasteiger partial charge in [-0.25, -0.2) is 0 Å². The zero-order valence-corrected chi connectivity index (χ0v) is 20.6. The number of rotatable bonds is 10. The van der Waals surface area contributed by atoms with Crippen LogP contribution >= 0.6 is 11.6 Å². The summed E-state index contributed by atoms with van der Waals surface area (Å²) in [5.41, 5.74) is 12.8. The highest BCUT2D eigenvalue weighted by molar-refractivity contribution is 6.28. The molecular weight excluding hydrogens is 430 g/mol. The average Bonchev–Trinajstić information content (AvgIpc) is 3.37. The van der Waals surface area contributed by atoms with Gasteiger partial charge in [0.25, 0.3) is 0 Å². The van der Waals surface area contributed by atoms with E-state index in [-0.39, 0.29) is 40.3 Å². The van der Waals surface area contributed by atoms with Gasteiger partial charge in [0.2, 0.25) is 5.91 Å². The maximum absolute atomic E-state index is 13.5. The van der Waals surface area contributed by atoms with Crippen molar-refractivity contribution >= 4 is 23.7 Å². The van der Waals surface area contributed by atoms with E-state index >= 15 is 0 Å². The molecule has 2 fully saturated rings. The number of piperidine rings is 1. The first-order chi connectivity index (χ1) is 15.3. The minimum Gasteiger partial charge on any atom is -0.382 e. The van der Waals surface area contributed by atoms with E-state index in [1.54, 1.807) is 7.11 Å². The summed E-state index contributed by atoms with van der Waals surface area (Å²) in [5, 5.41) is 6.37. The van der Waals surface area contributed by atoms with E-state index in [9.17, 15) is 4.79 Å². The number of hydrogen-bond acceptors (Lipinski definition) is 7. The van der Waals surface area contributed by atoms with Crippen molar-refractivity contribution in [3.63, 3.8) is 0 Å². The van der Waals surface area contributed by atoms with Crippen molar-refractivity contribution in [1.82, 2.24) is 10.6 Å². The van der Waals surface area contributed by atoms with Crippen molar-refractivity contribution in [3.05, 3.63) is 0 Å². The molecule has 8 nitrogen and oxygen atoms in total. The number of amides is 1. The van der Waals surface area contributed by atoms with Crippen LogP contribution in [0.4, 0.5) is 0 Å². The van der Waals surface area contributed by atoms with E-state index in [0.717, 1.165) is 45.1 Å². The molecule has 2 heterocycles. The minimum absolute atomic E-state index is 0.0730. The largest absolute Gasteiger partial charge is 0.382 e. The Morgan fingerprint density at radius 1 is 1.28 bits per heavy atom. The molecule has 1 saturated carbocycles. The number of alkyl halides is 1. The Morgan fingerprint density at radius 2 is 2.00 bits per heavy atom. The predicted molar refractivity (Wildman–Crippen MR) is 128 cm³/mol. The number of ether oxygens (including phenoxy) is 2. The van der Waals surface area contributed by atoms with Crippen LogP contribution in [0.25, 0.3) is 0 Å². The molecule has 184 valence electrons. The van der Waals surface area contributed by atoms with Crippen molar-refractivity contribution in [2.24, 2.45) is 33.2 Å². The molecule has 1 aliphatic carbocycles. The van der Waals surface area contributed by atoms with Gasteiger partial charge in [0.1, 0.15) is 0 Å². The SMILES string of the molecule is CCC12CC(Cl)/C=N\C(C(C(=O)NC3CNCCC3OCCOC)C(N)N)CC1(CC)C2. The number of hydrogen-bond donors (Lipinski definition) is 4. The van der Waals surface area contributed by atoms with E-state index < -0.39 is 12.1 Å². The topological polar surface area (TPSA) is 124 Å². The van der Waals surface area contributed by atoms with Gasteiger partial charge >= 0.3 is 0 Å². The number of methoxy groups -OCH3 is 1. The monoisotopic (exact) mass is 471 g/mol. The fourth-order valence-corrected chi connectivity index (χ4v) is 6.48. The van der Waals surface area contributed by atoms with Gasteiger partial charge in [-0.15, -0.1) is 11.6 Å². The lowest BCUT2D eigenvalue weighted by atomic mass is 9.77. The second-order valence-corrected chi connectivity index (χ2v) is 10.4. The second kappa shape index (κ2) is 11.1. The van der Waals surface area contributed by atoms with Gasteiger partial charge in [-0.05, 0) is 55.9 Å². The summed E-state index contributed by atoms with van der Waals surface area (Å²) >= 11 is 6.62. The number of aliphatic imine (C=N–C) groups is 1. The third-order valence-corrected chi connectivity index (χ3v) is 8.42. The number of nitrogens with one attached hydrogen (secondary N) is 2. The maximum Gasteiger partial charge on any atom is 0.228 e. The Kier molecular flexibility index (Phi) is 8.97. The number of carbonyl (C=O) groups excluding carboxylic acids is 1. The fraction of sp³-hybridized carbons (Fsp3) is 0.913. The number of fused-ring (bicyclic) bond motifs is 1. The Morgan fingerprint density at radius 3 is 2.66 bits per heavy atom. The van der Waals surface area contributed by atoms with Gasteiger partial charge in [0.15, 0.2) is 0 Å². The van der Waals surface area contributed by atoms with Crippen LogP contribution in [0.3, 0.4) is 0 Å². The molecule has 2 aliphatic heterocycles. The summed E-state index contributed by atoms with van der Waals surface area (Å²) in [6, 6.07) is -0.433. The lowest BCUT2D eigenvalue weighted by molar-refractivity contribution is -0.129. The van der Waals surface area contributed by atoms with Crippen LogP contribution in [-0.4, -0.2) is 75.3 Å². The first-order valence-corrected chi connectivity index (χ1v) is 12.5. The standard InChI is InChI=1S/C23H42ClN5O3/c1-4-22-10-15(24)12-28-16(11-23(22,5-2)14-22)19(20(25)26)21(30)29-17-13-27-7-6-18(17)32-9-8-31-3/h12,15-20,27H,4-11,13-14,25-26H2,1-3H3,(H,29,30)/b28-12-. The van der Waals surface area contributed by atoms with Crippen LogP contribution in [0.2, 0.25) is 0 Å². The molecule has 7 atom stereocenters. The zero-order chi connectivity index (χ0) is 23.4. The van der Waals surface area contributed by atoms with Gasteiger partial charge in [0, 0.05) is 19.9 Å². The molecular formula is C23H42ClN5O3. The highest BCUT2D eigenvalue weighted by Gasteiger charge is 2.65. The van der Waals surface area contributed by atoms with Crippen LogP contribution in [0, 0.1) is 16.7 Å². The highest BCUT2D eigenvalue weighted by Crippen LogP contribution is 2.73. The van der Waals surface area contributed by atoms with Crippen LogP contribution in [0.1, 0.15) is 52.4 Å². The Labute approximate surface area is 197 Å². The van der Waals surface area contributed by atoms with Gasteiger partial charge in [-0.2, -0.15) is 0 Å².